The minimum atomic E-state index is -0.0779. The van der Waals surface area contributed by atoms with E-state index < -0.39 is 0 Å². The van der Waals surface area contributed by atoms with E-state index in [-0.39, 0.29) is 6.10 Å². The summed E-state index contributed by atoms with van der Waals surface area (Å²) in [7, 11) is 0. The van der Waals surface area contributed by atoms with Crippen LogP contribution in [0.1, 0.15) is 18.1 Å². The number of nitrogens with zero attached hydrogens (tertiary/aromatic N) is 3. The van der Waals surface area contributed by atoms with Gasteiger partial charge in [-0.1, -0.05) is 35.5 Å². The van der Waals surface area contributed by atoms with Crippen molar-refractivity contribution in [1.29, 1.82) is 0 Å². The summed E-state index contributed by atoms with van der Waals surface area (Å²) in [5, 5.41) is 3.93. The molecule has 0 N–H and O–H groups in total. The van der Waals surface area contributed by atoms with Gasteiger partial charge in [0, 0.05) is 0 Å². The van der Waals surface area contributed by atoms with Crippen LogP contribution in [0.3, 0.4) is 0 Å². The highest BCUT2D eigenvalue weighted by atomic mass is 16.7. The van der Waals surface area contributed by atoms with E-state index in [1.165, 1.54) is 6.33 Å². The molecule has 0 aliphatic carbocycles. The maximum atomic E-state index is 5.53. The van der Waals surface area contributed by atoms with E-state index in [0.717, 1.165) is 5.56 Å². The lowest BCUT2D eigenvalue weighted by Crippen LogP contribution is -2.07. The molecule has 1 aromatic heterocycles. The number of ether oxygens (including phenoxy) is 1. The molecule has 2 aromatic rings. The van der Waals surface area contributed by atoms with E-state index in [9.17, 15) is 0 Å². The molecule has 3 rings (SSSR count). The number of oxime groups is 1. The van der Waals surface area contributed by atoms with E-state index >= 15 is 0 Å². The van der Waals surface area contributed by atoms with Crippen LogP contribution >= 0.6 is 0 Å². The molecule has 0 radical (unpaired) electrons. The number of rotatable bonds is 2. The van der Waals surface area contributed by atoms with Crippen molar-refractivity contribution in [2.45, 2.75) is 12.5 Å². The van der Waals surface area contributed by atoms with Crippen molar-refractivity contribution >= 4 is 5.90 Å². The van der Waals surface area contributed by atoms with Crippen molar-refractivity contribution < 1.29 is 9.57 Å². The first-order valence-electron chi connectivity index (χ1n) is 5.62. The Labute approximate surface area is 104 Å². The Morgan fingerprint density at radius 3 is 2.67 bits per heavy atom. The molecule has 90 valence electrons. The van der Waals surface area contributed by atoms with Crippen LogP contribution in [-0.2, 0) is 4.84 Å². The molecular formula is C13H11N3O2. The molecule has 1 aromatic carbocycles. The van der Waals surface area contributed by atoms with Crippen molar-refractivity contribution in [1.82, 2.24) is 9.97 Å². The van der Waals surface area contributed by atoms with Crippen LogP contribution in [0.15, 0.2) is 54.2 Å². The Hall–Kier alpha value is -2.43. The molecule has 18 heavy (non-hydrogen) atoms. The van der Waals surface area contributed by atoms with Crippen LogP contribution in [0.4, 0.5) is 0 Å². The zero-order chi connectivity index (χ0) is 12.2. The summed E-state index contributed by atoms with van der Waals surface area (Å²) >= 11 is 0. The average molecular weight is 241 g/mol. The lowest BCUT2D eigenvalue weighted by atomic mass is 10.1. The Morgan fingerprint density at radius 1 is 1.11 bits per heavy atom. The van der Waals surface area contributed by atoms with E-state index in [2.05, 4.69) is 15.1 Å². The molecule has 0 fully saturated rings. The fourth-order valence-electron chi connectivity index (χ4n) is 1.74. The summed E-state index contributed by atoms with van der Waals surface area (Å²) in [6.07, 6.45) is 5.16. The second kappa shape index (κ2) is 4.83. The number of benzene rings is 1. The Kier molecular flexibility index (Phi) is 2.87. The lowest BCUT2D eigenvalue weighted by Gasteiger charge is -2.07. The topological polar surface area (TPSA) is 56.6 Å². The van der Waals surface area contributed by atoms with Crippen LogP contribution in [0.2, 0.25) is 0 Å². The summed E-state index contributed by atoms with van der Waals surface area (Å²) in [5.41, 5.74) is 1.09. The van der Waals surface area contributed by atoms with Gasteiger partial charge in [-0.05, 0) is 5.56 Å². The molecule has 0 unspecified atom stereocenters. The second-order valence-electron chi connectivity index (χ2n) is 3.87. The second-order valence-corrected chi connectivity index (χ2v) is 3.87. The van der Waals surface area contributed by atoms with Crippen molar-refractivity contribution in [3.05, 3.63) is 54.6 Å². The van der Waals surface area contributed by atoms with Gasteiger partial charge in [0.25, 0.3) is 0 Å². The van der Waals surface area contributed by atoms with Crippen LogP contribution in [0, 0.1) is 0 Å². The van der Waals surface area contributed by atoms with Gasteiger partial charge in [0.15, 0.2) is 11.9 Å². The van der Waals surface area contributed by atoms with Crippen molar-refractivity contribution in [3.63, 3.8) is 0 Å². The predicted octanol–water partition coefficient (Wildman–Crippen LogP) is 2.33. The molecule has 2 heterocycles. The Morgan fingerprint density at radius 2 is 1.89 bits per heavy atom. The van der Waals surface area contributed by atoms with Gasteiger partial charge < -0.3 is 9.57 Å². The highest BCUT2D eigenvalue weighted by Crippen LogP contribution is 2.27. The van der Waals surface area contributed by atoms with Gasteiger partial charge in [0.1, 0.15) is 6.33 Å². The largest absolute Gasteiger partial charge is 0.436 e. The zero-order valence-corrected chi connectivity index (χ0v) is 9.56. The molecule has 1 atom stereocenters. The fourth-order valence-corrected chi connectivity index (χ4v) is 1.74. The Bertz CT molecular complexity index is 543. The predicted molar refractivity (Wildman–Crippen MR) is 65.0 cm³/mol. The van der Waals surface area contributed by atoms with Gasteiger partial charge in [-0.25, -0.2) is 9.97 Å². The highest BCUT2D eigenvalue weighted by molar-refractivity contribution is 5.79. The summed E-state index contributed by atoms with van der Waals surface area (Å²) in [6.45, 7) is 0. The Balaban J connectivity index is 1.65. The third-order valence-corrected chi connectivity index (χ3v) is 2.59. The summed E-state index contributed by atoms with van der Waals surface area (Å²) in [4.78, 5) is 13.1. The van der Waals surface area contributed by atoms with E-state index in [1.54, 1.807) is 12.4 Å². The quantitative estimate of drug-likeness (QED) is 0.809. The van der Waals surface area contributed by atoms with E-state index in [1.807, 2.05) is 30.3 Å². The average Bonchev–Trinajstić information content (AvgIpc) is 2.89. The van der Waals surface area contributed by atoms with Crippen LogP contribution < -0.4 is 4.74 Å². The first-order valence-corrected chi connectivity index (χ1v) is 5.62. The zero-order valence-electron chi connectivity index (χ0n) is 9.56. The lowest BCUT2D eigenvalue weighted by molar-refractivity contribution is 0.0855. The smallest absolute Gasteiger partial charge is 0.235 e. The van der Waals surface area contributed by atoms with Gasteiger partial charge in [0.05, 0.1) is 18.8 Å². The third kappa shape index (κ3) is 2.29. The normalized spacial score (nSPS) is 18.0. The standard InChI is InChI=1S/C13H11N3O2/c1-2-4-10(5-3-1)12-6-13(16-18-12)17-11-7-14-9-15-8-11/h1-5,7-9,12H,6H2/t12-/m0/s1. The minimum absolute atomic E-state index is 0.0779. The first-order chi connectivity index (χ1) is 8.92. The molecule has 0 amide bonds. The molecule has 0 spiro atoms. The van der Waals surface area contributed by atoms with Crippen LogP contribution in [0.25, 0.3) is 0 Å². The van der Waals surface area contributed by atoms with Crippen LogP contribution in [0.5, 0.6) is 5.75 Å². The van der Waals surface area contributed by atoms with Crippen molar-refractivity contribution in [2.75, 3.05) is 0 Å². The molecule has 5 nitrogen and oxygen atoms in total. The third-order valence-electron chi connectivity index (χ3n) is 2.59. The number of hydrogen-bond acceptors (Lipinski definition) is 5. The summed E-state index contributed by atoms with van der Waals surface area (Å²) in [5.74, 6) is 1.10. The molecule has 0 saturated heterocycles. The molecular weight excluding hydrogens is 230 g/mol. The molecule has 0 bridgehead atoms. The van der Waals surface area contributed by atoms with E-state index in [4.69, 9.17) is 9.57 Å². The number of aromatic nitrogens is 2. The van der Waals surface area contributed by atoms with Crippen molar-refractivity contribution in [3.8, 4) is 5.75 Å². The van der Waals surface area contributed by atoms with Gasteiger partial charge in [-0.2, -0.15) is 0 Å². The maximum absolute atomic E-state index is 5.53. The molecule has 5 heteroatoms. The SMILES string of the molecule is c1ccc([C@@H]2CC(Oc3cncnc3)=NO2)cc1. The summed E-state index contributed by atoms with van der Waals surface area (Å²) < 4.78 is 5.53. The van der Waals surface area contributed by atoms with Gasteiger partial charge >= 0.3 is 0 Å². The number of hydrogen-bond donors (Lipinski definition) is 0. The monoisotopic (exact) mass is 241 g/mol. The first kappa shape index (κ1) is 10.7. The maximum Gasteiger partial charge on any atom is 0.235 e. The molecule has 1 aliphatic heterocycles. The van der Waals surface area contributed by atoms with Gasteiger partial charge in [-0.3, -0.25) is 0 Å². The van der Waals surface area contributed by atoms with Gasteiger partial charge in [-0.15, -0.1) is 0 Å². The highest BCUT2D eigenvalue weighted by Gasteiger charge is 2.24. The molecule has 0 saturated carbocycles. The molecule has 1 aliphatic rings. The minimum Gasteiger partial charge on any atom is -0.436 e. The summed E-state index contributed by atoms with van der Waals surface area (Å²) in [6, 6.07) is 9.94. The van der Waals surface area contributed by atoms with Crippen molar-refractivity contribution in [2.24, 2.45) is 5.16 Å². The van der Waals surface area contributed by atoms with Crippen LogP contribution in [-0.4, -0.2) is 15.9 Å². The van der Waals surface area contributed by atoms with Gasteiger partial charge in [0.2, 0.25) is 5.90 Å². The fraction of sp³-hybridized carbons (Fsp3) is 0.154. The van der Waals surface area contributed by atoms with E-state index in [0.29, 0.717) is 18.1 Å².